The van der Waals surface area contributed by atoms with Gasteiger partial charge in [-0.1, -0.05) is 25.0 Å². The van der Waals surface area contributed by atoms with E-state index in [9.17, 15) is 0 Å². The molecule has 16 heavy (non-hydrogen) atoms. The molecule has 3 heteroatoms. The number of ether oxygens (including phenoxy) is 2. The molecule has 0 radical (unpaired) electrons. The van der Waals surface area contributed by atoms with E-state index in [4.69, 9.17) is 15.2 Å². The van der Waals surface area contributed by atoms with Crippen LogP contribution >= 0.6 is 0 Å². The summed E-state index contributed by atoms with van der Waals surface area (Å²) in [7, 11) is 0. The molecule has 2 N–H and O–H groups in total. The van der Waals surface area contributed by atoms with Gasteiger partial charge in [0.25, 0.3) is 0 Å². The molecular formula is C13H17NO2. The summed E-state index contributed by atoms with van der Waals surface area (Å²) >= 11 is 0. The molecule has 1 aliphatic heterocycles. The summed E-state index contributed by atoms with van der Waals surface area (Å²) in [4.78, 5) is 0. The van der Waals surface area contributed by atoms with Crippen LogP contribution in [0.2, 0.25) is 0 Å². The summed E-state index contributed by atoms with van der Waals surface area (Å²) in [6, 6.07) is 6.10. The largest absolute Gasteiger partial charge is 0.454 e. The highest BCUT2D eigenvalue weighted by Gasteiger charge is 2.28. The second-order valence-electron chi connectivity index (χ2n) is 4.65. The zero-order valence-corrected chi connectivity index (χ0v) is 9.32. The first-order valence-corrected chi connectivity index (χ1v) is 6.00. The van der Waals surface area contributed by atoms with Crippen LogP contribution in [0.1, 0.15) is 37.3 Å². The minimum absolute atomic E-state index is 0.0964. The fourth-order valence-electron chi connectivity index (χ4n) is 2.79. The average molecular weight is 219 g/mol. The van der Waals surface area contributed by atoms with Gasteiger partial charge in [0.15, 0.2) is 11.5 Å². The van der Waals surface area contributed by atoms with E-state index in [2.05, 4.69) is 6.07 Å². The molecule has 0 bridgehead atoms. The zero-order valence-electron chi connectivity index (χ0n) is 9.32. The quantitative estimate of drug-likeness (QED) is 0.831. The fraction of sp³-hybridized carbons (Fsp3) is 0.538. The summed E-state index contributed by atoms with van der Waals surface area (Å²) in [5.41, 5.74) is 7.45. The van der Waals surface area contributed by atoms with Crippen molar-refractivity contribution in [2.45, 2.75) is 31.7 Å². The Hall–Kier alpha value is -1.22. The first-order valence-electron chi connectivity index (χ1n) is 6.00. The molecule has 1 fully saturated rings. The Bertz CT molecular complexity index is 386. The van der Waals surface area contributed by atoms with E-state index in [0.29, 0.717) is 12.7 Å². The van der Waals surface area contributed by atoms with E-state index in [1.807, 2.05) is 12.1 Å². The predicted octanol–water partition coefficient (Wildman–Crippen LogP) is 2.61. The molecule has 0 amide bonds. The van der Waals surface area contributed by atoms with Gasteiger partial charge >= 0.3 is 0 Å². The Morgan fingerprint density at radius 2 is 2.00 bits per heavy atom. The minimum Gasteiger partial charge on any atom is -0.454 e. The lowest BCUT2D eigenvalue weighted by molar-refractivity contribution is 0.172. The molecule has 0 aromatic heterocycles. The van der Waals surface area contributed by atoms with Crippen molar-refractivity contribution < 1.29 is 9.47 Å². The highest BCUT2D eigenvalue weighted by molar-refractivity contribution is 5.49. The third-order valence-corrected chi connectivity index (χ3v) is 3.69. The summed E-state index contributed by atoms with van der Waals surface area (Å²) in [5, 5.41) is 0. The van der Waals surface area contributed by atoms with Crippen LogP contribution in [0.25, 0.3) is 0 Å². The molecule has 0 spiro atoms. The lowest BCUT2D eigenvalue weighted by Gasteiger charge is -2.20. The number of benzene rings is 1. The van der Waals surface area contributed by atoms with Crippen LogP contribution < -0.4 is 15.2 Å². The van der Waals surface area contributed by atoms with Crippen LogP contribution in [-0.2, 0) is 0 Å². The Kier molecular flexibility index (Phi) is 2.48. The van der Waals surface area contributed by atoms with Gasteiger partial charge in [-0.05, 0) is 24.8 Å². The molecule has 86 valence electrons. The van der Waals surface area contributed by atoms with Crippen LogP contribution in [-0.4, -0.2) is 6.79 Å². The van der Waals surface area contributed by atoms with Gasteiger partial charge in [-0.15, -0.1) is 0 Å². The second kappa shape index (κ2) is 3.98. The van der Waals surface area contributed by atoms with Crippen molar-refractivity contribution in [2.75, 3.05) is 6.79 Å². The highest BCUT2D eigenvalue weighted by Crippen LogP contribution is 2.42. The summed E-state index contributed by atoms with van der Waals surface area (Å²) in [5.74, 6) is 2.31. The van der Waals surface area contributed by atoms with E-state index in [1.165, 1.54) is 25.7 Å². The number of rotatable bonds is 2. The maximum absolute atomic E-state index is 6.34. The smallest absolute Gasteiger partial charge is 0.231 e. The molecule has 1 heterocycles. The predicted molar refractivity (Wildman–Crippen MR) is 61.5 cm³/mol. The lowest BCUT2D eigenvalue weighted by Crippen LogP contribution is -2.19. The minimum atomic E-state index is 0.0964. The third kappa shape index (κ3) is 1.55. The first-order chi connectivity index (χ1) is 7.86. The zero-order chi connectivity index (χ0) is 11.0. The lowest BCUT2D eigenvalue weighted by atomic mass is 9.92. The van der Waals surface area contributed by atoms with Gasteiger partial charge < -0.3 is 15.2 Å². The van der Waals surface area contributed by atoms with E-state index in [0.717, 1.165) is 17.1 Å². The van der Waals surface area contributed by atoms with E-state index >= 15 is 0 Å². The first kappa shape index (κ1) is 9.97. The van der Waals surface area contributed by atoms with Crippen LogP contribution in [0, 0.1) is 5.92 Å². The summed E-state index contributed by atoms with van der Waals surface area (Å²) in [6.07, 6.45) is 5.10. The molecule has 1 saturated carbocycles. The topological polar surface area (TPSA) is 44.5 Å². The van der Waals surface area contributed by atoms with Gasteiger partial charge in [0.2, 0.25) is 6.79 Å². The number of hydrogen-bond donors (Lipinski definition) is 1. The van der Waals surface area contributed by atoms with Crippen molar-refractivity contribution in [1.82, 2.24) is 0 Å². The molecule has 1 aliphatic carbocycles. The summed E-state index contributed by atoms with van der Waals surface area (Å²) in [6.45, 7) is 0.323. The normalized spacial score (nSPS) is 21.3. The Labute approximate surface area is 95.5 Å². The summed E-state index contributed by atoms with van der Waals surface area (Å²) < 4.78 is 10.9. The molecule has 1 aromatic carbocycles. The second-order valence-corrected chi connectivity index (χ2v) is 4.65. The molecule has 3 nitrogen and oxygen atoms in total. The molecule has 1 atom stereocenters. The average Bonchev–Trinajstić information content (AvgIpc) is 2.98. The van der Waals surface area contributed by atoms with Crippen LogP contribution in [0.4, 0.5) is 0 Å². The van der Waals surface area contributed by atoms with Crippen molar-refractivity contribution in [2.24, 2.45) is 11.7 Å². The van der Waals surface area contributed by atoms with Crippen molar-refractivity contribution in [3.8, 4) is 11.5 Å². The molecular weight excluding hydrogens is 202 g/mol. The van der Waals surface area contributed by atoms with E-state index in [1.54, 1.807) is 0 Å². The van der Waals surface area contributed by atoms with Crippen molar-refractivity contribution in [1.29, 1.82) is 0 Å². The monoisotopic (exact) mass is 219 g/mol. The SMILES string of the molecule is N[C@@H](c1cccc2c1OCO2)C1CCCC1. The van der Waals surface area contributed by atoms with Crippen LogP contribution in [0.3, 0.4) is 0 Å². The van der Waals surface area contributed by atoms with Gasteiger partial charge in [-0.25, -0.2) is 0 Å². The maximum atomic E-state index is 6.34. The number of para-hydroxylation sites is 1. The van der Waals surface area contributed by atoms with Gasteiger partial charge in [-0.2, -0.15) is 0 Å². The fourth-order valence-corrected chi connectivity index (χ4v) is 2.79. The molecule has 0 saturated heterocycles. The van der Waals surface area contributed by atoms with E-state index < -0.39 is 0 Å². The molecule has 2 aliphatic rings. The Morgan fingerprint density at radius 1 is 1.19 bits per heavy atom. The van der Waals surface area contributed by atoms with Gasteiger partial charge in [-0.3, -0.25) is 0 Å². The van der Waals surface area contributed by atoms with Crippen molar-refractivity contribution >= 4 is 0 Å². The number of fused-ring (bicyclic) bond motifs is 1. The van der Waals surface area contributed by atoms with Crippen molar-refractivity contribution in [3.63, 3.8) is 0 Å². The van der Waals surface area contributed by atoms with Gasteiger partial charge in [0.1, 0.15) is 0 Å². The standard InChI is InChI=1S/C13H17NO2/c14-12(9-4-1-2-5-9)10-6-3-7-11-13(10)16-8-15-11/h3,6-7,9,12H,1-2,4-5,8,14H2/t12-/m1/s1. The molecule has 0 unspecified atom stereocenters. The van der Waals surface area contributed by atoms with E-state index in [-0.39, 0.29) is 6.04 Å². The molecule has 3 rings (SSSR count). The highest BCUT2D eigenvalue weighted by atomic mass is 16.7. The van der Waals surface area contributed by atoms with Gasteiger partial charge in [0, 0.05) is 11.6 Å². The Balaban J connectivity index is 1.91. The number of hydrogen-bond acceptors (Lipinski definition) is 3. The Morgan fingerprint density at radius 3 is 2.81 bits per heavy atom. The van der Waals surface area contributed by atoms with Crippen LogP contribution in [0.5, 0.6) is 11.5 Å². The van der Waals surface area contributed by atoms with Crippen LogP contribution in [0.15, 0.2) is 18.2 Å². The van der Waals surface area contributed by atoms with Gasteiger partial charge in [0.05, 0.1) is 0 Å². The van der Waals surface area contributed by atoms with Crippen molar-refractivity contribution in [3.05, 3.63) is 23.8 Å². The molecule has 1 aromatic rings. The number of nitrogens with two attached hydrogens (primary N) is 1. The maximum Gasteiger partial charge on any atom is 0.231 e. The third-order valence-electron chi connectivity index (χ3n) is 3.69.